The van der Waals surface area contributed by atoms with Gasteiger partial charge in [-0.2, -0.15) is 0 Å². The number of aryl methyl sites for hydroxylation is 2. The molecule has 0 aliphatic rings. The van der Waals surface area contributed by atoms with Gasteiger partial charge in [0.25, 0.3) is 0 Å². The zero-order valence-electron chi connectivity index (χ0n) is 21.6. The highest BCUT2D eigenvalue weighted by molar-refractivity contribution is 6.04. The molecule has 38 heavy (non-hydrogen) atoms. The van der Waals surface area contributed by atoms with Crippen LogP contribution in [-0.4, -0.2) is 10.1 Å². The molecular weight excluding hydrogens is 462 g/mol. The number of phenolic OH excluding ortho intramolecular Hbond substituents is 1. The summed E-state index contributed by atoms with van der Waals surface area (Å²) in [4.78, 5) is 5.48. The Morgan fingerprint density at radius 1 is 0.553 bits per heavy atom. The molecule has 184 valence electrons. The number of phenols is 1. The first-order valence-electron chi connectivity index (χ1n) is 13.0. The number of nitrogens with zero attached hydrogens (tertiary/aromatic N) is 1. The van der Waals surface area contributed by atoms with Crippen molar-refractivity contribution in [1.29, 1.82) is 0 Å². The molecule has 5 aromatic carbocycles. The number of aromatic nitrogens is 1. The van der Waals surface area contributed by atoms with Crippen molar-refractivity contribution in [2.24, 2.45) is 0 Å². The van der Waals surface area contributed by atoms with E-state index in [0.29, 0.717) is 0 Å². The molecule has 0 amide bonds. The van der Waals surface area contributed by atoms with Crippen LogP contribution in [0.25, 0.3) is 33.2 Å². The van der Waals surface area contributed by atoms with Crippen LogP contribution in [0, 0.1) is 13.8 Å². The van der Waals surface area contributed by atoms with Crippen LogP contribution in [0.15, 0.2) is 127 Å². The third-order valence-corrected chi connectivity index (χ3v) is 7.26. The lowest BCUT2D eigenvalue weighted by Gasteiger charge is -2.24. The maximum Gasteiger partial charge on any atom is 0.119 e. The van der Waals surface area contributed by atoms with Gasteiger partial charge in [0.1, 0.15) is 5.75 Å². The van der Waals surface area contributed by atoms with Gasteiger partial charge in [0, 0.05) is 22.1 Å². The standard InChI is InChI=1S/C36H29NO/c1-24-16-20-27(21-17-24)33-29-12-6-7-13-30(29)36(37-35(33)28-22-18-25(2)19-23-28)34(26-10-4-3-5-11-26)31-14-8-9-15-32(31)38/h3-23,34,38H,1-2H3. The smallest absolute Gasteiger partial charge is 0.119 e. The molecular formula is C36H29NO. The number of benzene rings is 5. The van der Waals surface area contributed by atoms with Gasteiger partial charge in [-0.05, 0) is 36.4 Å². The first-order chi connectivity index (χ1) is 18.6. The number of pyridine rings is 1. The Hall–Kier alpha value is -4.69. The van der Waals surface area contributed by atoms with E-state index in [2.05, 4.69) is 98.8 Å². The van der Waals surface area contributed by atoms with E-state index in [0.717, 1.165) is 50.0 Å². The van der Waals surface area contributed by atoms with Crippen LogP contribution in [0.1, 0.15) is 33.9 Å². The number of hydrogen-bond acceptors (Lipinski definition) is 2. The molecule has 1 N–H and O–H groups in total. The van der Waals surface area contributed by atoms with Crippen molar-refractivity contribution >= 4 is 10.8 Å². The number of para-hydroxylation sites is 1. The lowest BCUT2D eigenvalue weighted by Crippen LogP contribution is -2.09. The van der Waals surface area contributed by atoms with Crippen LogP contribution >= 0.6 is 0 Å². The van der Waals surface area contributed by atoms with Crippen molar-refractivity contribution in [2.45, 2.75) is 19.8 Å². The fourth-order valence-corrected chi connectivity index (χ4v) is 5.30. The van der Waals surface area contributed by atoms with Gasteiger partial charge in [0.05, 0.1) is 17.3 Å². The highest BCUT2D eigenvalue weighted by Crippen LogP contribution is 2.44. The highest BCUT2D eigenvalue weighted by Gasteiger charge is 2.26. The SMILES string of the molecule is Cc1ccc(-c2nc(C(c3ccccc3)c3ccccc3O)c3ccccc3c2-c2ccc(C)cc2)cc1. The minimum Gasteiger partial charge on any atom is -0.508 e. The molecule has 1 unspecified atom stereocenters. The van der Waals surface area contributed by atoms with Crippen molar-refractivity contribution in [1.82, 2.24) is 4.98 Å². The Morgan fingerprint density at radius 2 is 1.11 bits per heavy atom. The Balaban J connectivity index is 1.73. The molecule has 0 spiro atoms. The Labute approximate surface area is 223 Å². The normalized spacial score (nSPS) is 11.9. The van der Waals surface area contributed by atoms with Crippen molar-refractivity contribution in [3.8, 4) is 28.1 Å². The summed E-state index contributed by atoms with van der Waals surface area (Å²) >= 11 is 0. The van der Waals surface area contributed by atoms with Gasteiger partial charge < -0.3 is 5.11 Å². The highest BCUT2D eigenvalue weighted by atomic mass is 16.3. The monoisotopic (exact) mass is 491 g/mol. The van der Waals surface area contributed by atoms with Gasteiger partial charge in [-0.25, -0.2) is 0 Å². The van der Waals surface area contributed by atoms with Crippen molar-refractivity contribution in [3.05, 3.63) is 155 Å². The predicted molar refractivity (Wildman–Crippen MR) is 158 cm³/mol. The minimum absolute atomic E-state index is 0.237. The molecule has 0 saturated carbocycles. The number of fused-ring (bicyclic) bond motifs is 1. The molecule has 0 fully saturated rings. The first kappa shape index (κ1) is 23.7. The van der Waals surface area contributed by atoms with Gasteiger partial charge in [0.2, 0.25) is 0 Å². The third-order valence-electron chi connectivity index (χ3n) is 7.26. The Morgan fingerprint density at radius 3 is 1.76 bits per heavy atom. The van der Waals surface area contributed by atoms with Crippen molar-refractivity contribution < 1.29 is 5.11 Å². The summed E-state index contributed by atoms with van der Waals surface area (Å²) in [6, 6.07) is 43.8. The summed E-state index contributed by atoms with van der Waals surface area (Å²) in [6.07, 6.45) is 0. The van der Waals surface area contributed by atoms with Crippen LogP contribution < -0.4 is 0 Å². The molecule has 2 nitrogen and oxygen atoms in total. The fraction of sp³-hybridized carbons (Fsp3) is 0.0833. The van der Waals surface area contributed by atoms with Crippen LogP contribution in [0.2, 0.25) is 0 Å². The second-order valence-electron chi connectivity index (χ2n) is 9.90. The molecule has 0 saturated heterocycles. The summed E-state index contributed by atoms with van der Waals surface area (Å²) in [5.74, 6) is 0.0327. The maximum atomic E-state index is 11.0. The van der Waals surface area contributed by atoms with Crippen molar-refractivity contribution in [2.75, 3.05) is 0 Å². The molecule has 1 aromatic heterocycles. The third kappa shape index (κ3) is 4.35. The van der Waals surface area contributed by atoms with E-state index in [1.807, 2.05) is 36.4 Å². The van der Waals surface area contributed by atoms with Crippen LogP contribution in [0.4, 0.5) is 0 Å². The average molecular weight is 492 g/mol. The van der Waals surface area contributed by atoms with E-state index in [9.17, 15) is 5.11 Å². The molecule has 1 atom stereocenters. The van der Waals surface area contributed by atoms with E-state index in [1.165, 1.54) is 11.1 Å². The Kier molecular flexibility index (Phi) is 6.23. The first-order valence-corrected chi connectivity index (χ1v) is 13.0. The summed E-state index contributed by atoms with van der Waals surface area (Å²) in [5, 5.41) is 13.2. The molecule has 2 heteroatoms. The molecule has 1 heterocycles. The lowest BCUT2D eigenvalue weighted by atomic mass is 9.83. The van der Waals surface area contributed by atoms with Crippen LogP contribution in [0.3, 0.4) is 0 Å². The topological polar surface area (TPSA) is 33.1 Å². The zero-order chi connectivity index (χ0) is 26.1. The second-order valence-corrected chi connectivity index (χ2v) is 9.90. The van der Waals surface area contributed by atoms with Gasteiger partial charge in [0.15, 0.2) is 0 Å². The van der Waals surface area contributed by atoms with Gasteiger partial charge in [-0.15, -0.1) is 0 Å². The second kappa shape index (κ2) is 9.99. The number of hydrogen-bond donors (Lipinski definition) is 1. The maximum absolute atomic E-state index is 11.0. The van der Waals surface area contributed by atoms with E-state index < -0.39 is 0 Å². The molecule has 0 radical (unpaired) electrons. The van der Waals surface area contributed by atoms with E-state index in [4.69, 9.17) is 4.98 Å². The van der Waals surface area contributed by atoms with Gasteiger partial charge >= 0.3 is 0 Å². The van der Waals surface area contributed by atoms with Gasteiger partial charge in [-0.3, -0.25) is 4.98 Å². The molecule has 0 aliphatic carbocycles. The average Bonchev–Trinajstić information content (AvgIpc) is 2.95. The molecule has 6 aromatic rings. The quantitative estimate of drug-likeness (QED) is 0.261. The lowest BCUT2D eigenvalue weighted by molar-refractivity contribution is 0.467. The predicted octanol–water partition coefficient (Wildman–Crippen LogP) is 9.07. The molecule has 0 aliphatic heterocycles. The number of rotatable bonds is 5. The summed E-state index contributed by atoms with van der Waals surface area (Å²) in [6.45, 7) is 4.22. The van der Waals surface area contributed by atoms with E-state index >= 15 is 0 Å². The van der Waals surface area contributed by atoms with Crippen LogP contribution in [-0.2, 0) is 0 Å². The number of aromatic hydroxyl groups is 1. The fourth-order valence-electron chi connectivity index (χ4n) is 5.30. The van der Waals surface area contributed by atoms with E-state index in [-0.39, 0.29) is 11.7 Å². The summed E-state index contributed by atoms with van der Waals surface area (Å²) in [5.41, 5.74) is 9.57. The zero-order valence-corrected chi connectivity index (χ0v) is 21.6. The largest absolute Gasteiger partial charge is 0.508 e. The summed E-state index contributed by atoms with van der Waals surface area (Å²) in [7, 11) is 0. The molecule has 0 bridgehead atoms. The van der Waals surface area contributed by atoms with Crippen molar-refractivity contribution in [3.63, 3.8) is 0 Å². The van der Waals surface area contributed by atoms with E-state index in [1.54, 1.807) is 6.07 Å². The molecule has 6 rings (SSSR count). The summed E-state index contributed by atoms with van der Waals surface area (Å²) < 4.78 is 0. The Bertz CT molecular complexity index is 1720. The van der Waals surface area contributed by atoms with Crippen LogP contribution in [0.5, 0.6) is 5.75 Å². The van der Waals surface area contributed by atoms with Gasteiger partial charge in [-0.1, -0.05) is 132 Å². The minimum atomic E-state index is -0.237.